The van der Waals surface area contributed by atoms with Crippen molar-refractivity contribution in [2.24, 2.45) is 5.92 Å². The molecule has 27 heavy (non-hydrogen) atoms. The molecule has 0 radical (unpaired) electrons. The predicted octanol–water partition coefficient (Wildman–Crippen LogP) is 3.03. The number of benzene rings is 1. The maximum atomic E-state index is 13.3. The molecule has 1 saturated carbocycles. The number of amides is 1. The van der Waals surface area contributed by atoms with Gasteiger partial charge >= 0.3 is 0 Å². The van der Waals surface area contributed by atoms with Crippen LogP contribution in [0.25, 0.3) is 0 Å². The van der Waals surface area contributed by atoms with Crippen LogP contribution in [0.1, 0.15) is 45.1 Å². The molecule has 0 bridgehead atoms. The summed E-state index contributed by atoms with van der Waals surface area (Å²) < 4.78 is 13.3. The van der Waals surface area contributed by atoms with Crippen LogP contribution >= 0.6 is 0 Å². The van der Waals surface area contributed by atoms with Crippen molar-refractivity contribution in [3.63, 3.8) is 0 Å². The molecule has 3 rings (SSSR count). The lowest BCUT2D eigenvalue weighted by atomic mass is 9.79. The van der Waals surface area contributed by atoms with E-state index >= 15 is 0 Å². The molecule has 1 aromatic rings. The van der Waals surface area contributed by atoms with Gasteiger partial charge in [-0.2, -0.15) is 0 Å². The Labute approximate surface area is 163 Å². The number of hydrogen-bond acceptors (Lipinski definition) is 3. The van der Waals surface area contributed by atoms with Gasteiger partial charge < -0.3 is 10.2 Å². The minimum atomic E-state index is -0.201. The van der Waals surface area contributed by atoms with Crippen LogP contribution in [0.5, 0.6) is 0 Å². The summed E-state index contributed by atoms with van der Waals surface area (Å²) in [6.07, 6.45) is 4.47. The lowest BCUT2D eigenvalue weighted by molar-refractivity contribution is -0.123. The van der Waals surface area contributed by atoms with Crippen molar-refractivity contribution in [3.8, 4) is 0 Å². The second-order valence-electron chi connectivity index (χ2n) is 8.74. The Hall–Kier alpha value is -1.46. The topological polar surface area (TPSA) is 35.6 Å². The third-order valence-corrected chi connectivity index (χ3v) is 6.10. The summed E-state index contributed by atoms with van der Waals surface area (Å²) in [6.45, 7) is 10.8. The Morgan fingerprint density at radius 2 is 1.67 bits per heavy atom. The first kappa shape index (κ1) is 20.3. The van der Waals surface area contributed by atoms with E-state index in [9.17, 15) is 9.18 Å². The SMILES string of the molecule is CC(C)CN1CCN(CC(=O)NCC2(c3ccc(F)cc3)CCCC2)CC1. The van der Waals surface area contributed by atoms with Crippen molar-refractivity contribution in [1.29, 1.82) is 0 Å². The molecular weight excluding hydrogens is 341 g/mol. The lowest BCUT2D eigenvalue weighted by Crippen LogP contribution is -2.51. The van der Waals surface area contributed by atoms with E-state index in [0.29, 0.717) is 19.0 Å². The first-order valence-electron chi connectivity index (χ1n) is 10.4. The molecule has 0 atom stereocenters. The fourth-order valence-corrected chi connectivity index (χ4v) is 4.60. The van der Waals surface area contributed by atoms with Crippen molar-refractivity contribution in [1.82, 2.24) is 15.1 Å². The number of nitrogens with one attached hydrogen (secondary N) is 1. The van der Waals surface area contributed by atoms with Crippen LogP contribution in [0.4, 0.5) is 4.39 Å². The molecule has 2 fully saturated rings. The maximum Gasteiger partial charge on any atom is 0.234 e. The van der Waals surface area contributed by atoms with Crippen LogP contribution in [0.3, 0.4) is 0 Å². The van der Waals surface area contributed by atoms with Gasteiger partial charge in [-0.05, 0) is 36.5 Å². The molecular formula is C22H34FN3O. The van der Waals surface area contributed by atoms with Gasteiger partial charge in [0.05, 0.1) is 6.54 Å². The quantitative estimate of drug-likeness (QED) is 0.796. The first-order valence-corrected chi connectivity index (χ1v) is 10.4. The number of piperazine rings is 1. The fourth-order valence-electron chi connectivity index (χ4n) is 4.60. The Bertz CT molecular complexity index is 602. The lowest BCUT2D eigenvalue weighted by Gasteiger charge is -2.35. The molecule has 5 heteroatoms. The first-order chi connectivity index (χ1) is 13.0. The summed E-state index contributed by atoms with van der Waals surface area (Å²) in [7, 11) is 0. The van der Waals surface area contributed by atoms with Gasteiger partial charge in [-0.1, -0.05) is 38.8 Å². The van der Waals surface area contributed by atoms with Crippen molar-refractivity contribution in [2.75, 3.05) is 45.8 Å². The van der Waals surface area contributed by atoms with Gasteiger partial charge in [-0.25, -0.2) is 4.39 Å². The summed E-state index contributed by atoms with van der Waals surface area (Å²) in [5.74, 6) is 0.599. The summed E-state index contributed by atoms with van der Waals surface area (Å²) in [6, 6.07) is 6.85. The molecule has 2 aliphatic rings. The molecule has 0 spiro atoms. The van der Waals surface area contributed by atoms with E-state index in [1.807, 2.05) is 12.1 Å². The Kier molecular flexibility index (Phi) is 6.88. The number of halogens is 1. The molecule has 1 amide bonds. The Morgan fingerprint density at radius 3 is 2.26 bits per heavy atom. The zero-order chi connectivity index (χ0) is 19.3. The largest absolute Gasteiger partial charge is 0.354 e. The molecule has 1 heterocycles. The van der Waals surface area contributed by atoms with Gasteiger partial charge in [0.25, 0.3) is 0 Å². The minimum Gasteiger partial charge on any atom is -0.354 e. The van der Waals surface area contributed by atoms with Crippen LogP contribution in [-0.4, -0.2) is 61.5 Å². The summed E-state index contributed by atoms with van der Waals surface area (Å²) in [5, 5.41) is 3.18. The third-order valence-electron chi connectivity index (χ3n) is 6.10. The van der Waals surface area contributed by atoms with Gasteiger partial charge in [-0.3, -0.25) is 9.69 Å². The van der Waals surface area contributed by atoms with Gasteiger partial charge in [0.1, 0.15) is 5.82 Å². The van der Waals surface area contributed by atoms with Crippen LogP contribution in [0, 0.1) is 11.7 Å². The van der Waals surface area contributed by atoms with E-state index in [-0.39, 0.29) is 17.1 Å². The summed E-state index contributed by atoms with van der Waals surface area (Å²) >= 11 is 0. The Morgan fingerprint density at radius 1 is 1.07 bits per heavy atom. The minimum absolute atomic E-state index is 0.0285. The number of carbonyl (C=O) groups is 1. The van der Waals surface area contributed by atoms with Crippen LogP contribution in [0.2, 0.25) is 0 Å². The summed E-state index contributed by atoms with van der Waals surface area (Å²) in [5.41, 5.74) is 1.13. The highest BCUT2D eigenvalue weighted by Crippen LogP contribution is 2.40. The number of hydrogen-bond donors (Lipinski definition) is 1. The highest BCUT2D eigenvalue weighted by Gasteiger charge is 2.36. The predicted molar refractivity (Wildman–Crippen MR) is 107 cm³/mol. The van der Waals surface area contributed by atoms with Crippen molar-refractivity contribution >= 4 is 5.91 Å². The third kappa shape index (κ3) is 5.52. The summed E-state index contributed by atoms with van der Waals surface area (Å²) in [4.78, 5) is 17.3. The smallest absolute Gasteiger partial charge is 0.234 e. The highest BCUT2D eigenvalue weighted by molar-refractivity contribution is 5.78. The van der Waals surface area contributed by atoms with E-state index < -0.39 is 0 Å². The van der Waals surface area contributed by atoms with E-state index in [1.54, 1.807) is 0 Å². The second kappa shape index (κ2) is 9.16. The molecule has 150 valence electrons. The van der Waals surface area contributed by atoms with E-state index in [1.165, 1.54) is 25.0 Å². The Balaban J connectivity index is 1.48. The highest BCUT2D eigenvalue weighted by atomic mass is 19.1. The average molecular weight is 376 g/mol. The van der Waals surface area contributed by atoms with Crippen LogP contribution in [0.15, 0.2) is 24.3 Å². The monoisotopic (exact) mass is 375 g/mol. The van der Waals surface area contributed by atoms with Crippen LogP contribution in [-0.2, 0) is 10.2 Å². The molecule has 1 aromatic carbocycles. The standard InChI is InChI=1S/C22H34FN3O/c1-18(2)15-25-11-13-26(14-12-25)16-21(27)24-17-22(9-3-4-10-22)19-5-7-20(23)8-6-19/h5-8,18H,3-4,9-17H2,1-2H3,(H,24,27). The zero-order valence-corrected chi connectivity index (χ0v) is 16.8. The molecule has 1 saturated heterocycles. The van der Waals surface area contributed by atoms with Gasteiger partial charge in [0, 0.05) is 44.7 Å². The van der Waals surface area contributed by atoms with E-state index in [0.717, 1.165) is 51.1 Å². The normalized spacial score (nSPS) is 20.9. The van der Waals surface area contributed by atoms with Crippen molar-refractivity contribution in [3.05, 3.63) is 35.6 Å². The molecule has 1 aliphatic carbocycles. The van der Waals surface area contributed by atoms with Gasteiger partial charge in [-0.15, -0.1) is 0 Å². The fraction of sp³-hybridized carbons (Fsp3) is 0.682. The molecule has 1 N–H and O–H groups in total. The second-order valence-corrected chi connectivity index (χ2v) is 8.74. The molecule has 0 unspecified atom stereocenters. The van der Waals surface area contributed by atoms with Gasteiger partial charge in [0.2, 0.25) is 5.91 Å². The molecule has 0 aromatic heterocycles. The number of nitrogens with zero attached hydrogens (tertiary/aromatic N) is 2. The van der Waals surface area contributed by atoms with Crippen molar-refractivity contribution < 1.29 is 9.18 Å². The maximum absolute atomic E-state index is 13.3. The zero-order valence-electron chi connectivity index (χ0n) is 16.8. The number of rotatable bonds is 7. The van der Waals surface area contributed by atoms with E-state index in [2.05, 4.69) is 29.0 Å². The van der Waals surface area contributed by atoms with Crippen molar-refractivity contribution in [2.45, 2.75) is 44.9 Å². The molecule has 4 nitrogen and oxygen atoms in total. The molecule has 1 aliphatic heterocycles. The van der Waals surface area contributed by atoms with Crippen LogP contribution < -0.4 is 5.32 Å². The van der Waals surface area contributed by atoms with E-state index in [4.69, 9.17) is 0 Å². The van der Waals surface area contributed by atoms with Gasteiger partial charge in [0.15, 0.2) is 0 Å². The average Bonchev–Trinajstić information content (AvgIpc) is 3.12. The number of carbonyl (C=O) groups excluding carboxylic acids is 1.